The van der Waals surface area contributed by atoms with E-state index in [1.165, 1.54) is 16.7 Å². The second-order valence-electron chi connectivity index (χ2n) is 10.9. The molecule has 4 aliphatic rings. The number of aliphatic hydroxyl groups is 1. The van der Waals surface area contributed by atoms with Gasteiger partial charge in [0.2, 0.25) is 0 Å². The molecule has 34 heavy (non-hydrogen) atoms. The smallest absolute Gasteiger partial charge is 0.156 e. The standard InChI is InChI=1S/C31H36O3/c1-5-14-31(33)15-13-27-25-10-7-22-18-23(32)9-11-24(22)29(25)26(19-30(27,31)4)21-8-12-28(20(3)17-21)34-16-6-2/h6,8,12,17-18,25-27,33H,2,7,9-11,13,15-16,19H2,1,3-4H3/t25-,26+,27-,30-,31-/m0/s1. The van der Waals surface area contributed by atoms with Crippen LogP contribution in [0.1, 0.15) is 75.8 Å². The van der Waals surface area contributed by atoms with E-state index in [1.54, 1.807) is 11.6 Å². The van der Waals surface area contributed by atoms with E-state index in [9.17, 15) is 9.90 Å². The van der Waals surface area contributed by atoms with Crippen molar-refractivity contribution in [1.82, 2.24) is 0 Å². The molecule has 0 amide bonds. The van der Waals surface area contributed by atoms with Gasteiger partial charge in [-0.15, -0.1) is 5.92 Å². The fraction of sp³-hybridized carbons (Fsp3) is 0.516. The molecule has 1 aromatic carbocycles. The third-order valence-corrected chi connectivity index (χ3v) is 9.18. The molecule has 0 heterocycles. The molecule has 5 rings (SSSR count). The summed E-state index contributed by atoms with van der Waals surface area (Å²) in [6.45, 7) is 10.5. The second kappa shape index (κ2) is 8.58. The van der Waals surface area contributed by atoms with Gasteiger partial charge in [0.1, 0.15) is 18.0 Å². The highest BCUT2D eigenvalue weighted by Gasteiger charge is 2.62. The molecular formula is C31H36O3. The average Bonchev–Trinajstić information content (AvgIpc) is 3.07. The maximum absolute atomic E-state index is 12.2. The lowest BCUT2D eigenvalue weighted by molar-refractivity contribution is -0.114. The molecular weight excluding hydrogens is 420 g/mol. The first-order valence-corrected chi connectivity index (χ1v) is 12.8. The van der Waals surface area contributed by atoms with Gasteiger partial charge < -0.3 is 9.84 Å². The predicted octanol–water partition coefficient (Wildman–Crippen LogP) is 6.21. The first kappa shape index (κ1) is 23.2. The Kier molecular flexibility index (Phi) is 5.85. The number of hydrogen-bond donors (Lipinski definition) is 1. The van der Waals surface area contributed by atoms with Gasteiger partial charge in [-0.1, -0.05) is 43.2 Å². The number of ketones is 1. The zero-order valence-corrected chi connectivity index (χ0v) is 20.7. The molecule has 1 aromatic rings. The predicted molar refractivity (Wildman–Crippen MR) is 136 cm³/mol. The Morgan fingerprint density at radius 2 is 2.09 bits per heavy atom. The number of carbonyl (C=O) groups is 1. The maximum Gasteiger partial charge on any atom is 0.156 e. The van der Waals surface area contributed by atoms with Gasteiger partial charge in [0.25, 0.3) is 0 Å². The SMILES string of the molecule is C=CCOc1ccc([C@H]2C[C@@]3(C)[C@@H](CC[C@@]3(O)C#CC)[C@@H]3CCC4=CC(=O)CCC4=C32)cc1C. The number of allylic oxidation sites excluding steroid dienone is 4. The van der Waals surface area contributed by atoms with Crippen molar-refractivity contribution in [1.29, 1.82) is 0 Å². The van der Waals surface area contributed by atoms with Crippen molar-refractivity contribution >= 4 is 5.78 Å². The monoisotopic (exact) mass is 456 g/mol. The first-order valence-electron chi connectivity index (χ1n) is 12.8. The Balaban J connectivity index is 1.65. The van der Waals surface area contributed by atoms with Gasteiger partial charge in [0.15, 0.2) is 5.78 Å². The lowest BCUT2D eigenvalue weighted by Crippen LogP contribution is -2.51. The molecule has 2 fully saturated rings. The lowest BCUT2D eigenvalue weighted by atomic mass is 9.51. The number of aryl methyl sites for hydroxylation is 1. The Bertz CT molecular complexity index is 1160. The Hall–Kier alpha value is -2.57. The quantitative estimate of drug-likeness (QED) is 0.433. The lowest BCUT2D eigenvalue weighted by Gasteiger charge is -2.53. The van der Waals surface area contributed by atoms with Crippen LogP contribution in [-0.2, 0) is 4.79 Å². The van der Waals surface area contributed by atoms with Crippen molar-refractivity contribution in [2.75, 3.05) is 6.61 Å². The van der Waals surface area contributed by atoms with Crippen LogP contribution >= 0.6 is 0 Å². The molecule has 5 atom stereocenters. The summed E-state index contributed by atoms with van der Waals surface area (Å²) in [5, 5.41) is 11.8. The molecule has 0 saturated heterocycles. The van der Waals surface area contributed by atoms with E-state index < -0.39 is 5.60 Å². The second-order valence-corrected chi connectivity index (χ2v) is 10.9. The van der Waals surface area contributed by atoms with Gasteiger partial charge in [-0.05, 0) is 98.6 Å². The van der Waals surface area contributed by atoms with Crippen LogP contribution < -0.4 is 4.74 Å². The summed E-state index contributed by atoms with van der Waals surface area (Å²) in [6.07, 6.45) is 9.82. The highest BCUT2D eigenvalue weighted by Crippen LogP contribution is 2.66. The van der Waals surface area contributed by atoms with Crippen molar-refractivity contribution in [3.63, 3.8) is 0 Å². The molecule has 3 heteroatoms. The van der Waals surface area contributed by atoms with Gasteiger partial charge >= 0.3 is 0 Å². The number of benzene rings is 1. The van der Waals surface area contributed by atoms with Crippen LogP contribution in [0.25, 0.3) is 0 Å². The minimum Gasteiger partial charge on any atom is -0.489 e. The zero-order valence-electron chi connectivity index (χ0n) is 20.7. The van der Waals surface area contributed by atoms with Crippen molar-refractivity contribution < 1.29 is 14.6 Å². The first-order chi connectivity index (χ1) is 16.3. The summed E-state index contributed by atoms with van der Waals surface area (Å²) < 4.78 is 5.85. The van der Waals surface area contributed by atoms with Crippen LogP contribution in [-0.4, -0.2) is 23.1 Å². The molecule has 4 aliphatic carbocycles. The Morgan fingerprint density at radius 1 is 1.26 bits per heavy atom. The third kappa shape index (κ3) is 3.50. The molecule has 0 aliphatic heterocycles. The largest absolute Gasteiger partial charge is 0.489 e. The van der Waals surface area contributed by atoms with E-state index in [4.69, 9.17) is 4.74 Å². The Labute approximate surface area is 204 Å². The number of hydrogen-bond acceptors (Lipinski definition) is 3. The number of ether oxygens (including phenoxy) is 1. The van der Waals surface area contributed by atoms with Crippen molar-refractivity contribution in [2.45, 2.75) is 77.2 Å². The molecule has 3 nitrogen and oxygen atoms in total. The van der Waals surface area contributed by atoms with E-state index in [0.717, 1.165) is 49.8 Å². The summed E-state index contributed by atoms with van der Waals surface area (Å²) in [4.78, 5) is 12.2. The van der Waals surface area contributed by atoms with Gasteiger partial charge in [-0.25, -0.2) is 0 Å². The Morgan fingerprint density at radius 3 is 2.82 bits per heavy atom. The van der Waals surface area contributed by atoms with E-state index in [-0.39, 0.29) is 17.1 Å². The van der Waals surface area contributed by atoms with Gasteiger partial charge in [-0.3, -0.25) is 4.79 Å². The van der Waals surface area contributed by atoms with Crippen LogP contribution in [0, 0.1) is 36.0 Å². The third-order valence-electron chi connectivity index (χ3n) is 9.18. The highest BCUT2D eigenvalue weighted by molar-refractivity contribution is 5.93. The van der Waals surface area contributed by atoms with Crippen LogP contribution in [0.3, 0.4) is 0 Å². The number of rotatable bonds is 4. The van der Waals surface area contributed by atoms with Crippen LogP contribution in [0.4, 0.5) is 0 Å². The molecule has 0 aromatic heterocycles. The van der Waals surface area contributed by atoms with Gasteiger partial charge in [0, 0.05) is 17.8 Å². The van der Waals surface area contributed by atoms with Crippen molar-refractivity contribution in [3.05, 3.63) is 64.8 Å². The zero-order chi connectivity index (χ0) is 24.1. The van der Waals surface area contributed by atoms with Crippen molar-refractivity contribution in [3.8, 4) is 17.6 Å². The molecule has 0 spiro atoms. The molecule has 0 unspecified atom stereocenters. The molecule has 1 N–H and O–H groups in total. The minimum atomic E-state index is -0.943. The van der Waals surface area contributed by atoms with Crippen LogP contribution in [0.2, 0.25) is 0 Å². The normalized spacial score (nSPS) is 34.3. The summed E-state index contributed by atoms with van der Waals surface area (Å²) in [6, 6.07) is 6.55. The van der Waals surface area contributed by atoms with Crippen molar-refractivity contribution in [2.24, 2.45) is 17.3 Å². The van der Waals surface area contributed by atoms with E-state index in [0.29, 0.717) is 24.9 Å². The number of fused-ring (bicyclic) bond motifs is 4. The maximum atomic E-state index is 12.2. The van der Waals surface area contributed by atoms with E-state index >= 15 is 0 Å². The van der Waals surface area contributed by atoms with Gasteiger partial charge in [0.05, 0.1) is 0 Å². The average molecular weight is 457 g/mol. The topological polar surface area (TPSA) is 46.5 Å². The van der Waals surface area contributed by atoms with Gasteiger partial charge in [-0.2, -0.15) is 0 Å². The van der Waals surface area contributed by atoms with Crippen LogP contribution in [0.5, 0.6) is 5.75 Å². The van der Waals surface area contributed by atoms with E-state index in [1.807, 2.05) is 13.0 Å². The van der Waals surface area contributed by atoms with E-state index in [2.05, 4.69) is 50.5 Å². The van der Waals surface area contributed by atoms with Crippen LogP contribution in [0.15, 0.2) is 53.6 Å². The molecule has 2 saturated carbocycles. The summed E-state index contributed by atoms with van der Waals surface area (Å²) in [7, 11) is 0. The highest BCUT2D eigenvalue weighted by atomic mass is 16.5. The summed E-state index contributed by atoms with van der Waals surface area (Å²) in [5.74, 6) is 8.51. The summed E-state index contributed by atoms with van der Waals surface area (Å²) in [5.41, 5.74) is 5.45. The summed E-state index contributed by atoms with van der Waals surface area (Å²) >= 11 is 0. The molecule has 178 valence electrons. The molecule has 0 bridgehead atoms. The molecule has 0 radical (unpaired) electrons. The number of carbonyl (C=O) groups excluding carboxylic acids is 1. The minimum absolute atomic E-state index is 0.216. The fourth-order valence-electron chi connectivity index (χ4n) is 7.58. The fourth-order valence-corrected chi connectivity index (χ4v) is 7.58.